The van der Waals surface area contributed by atoms with Gasteiger partial charge in [-0.1, -0.05) is 6.08 Å². The third kappa shape index (κ3) is 2.41. The summed E-state index contributed by atoms with van der Waals surface area (Å²) in [5.41, 5.74) is -0.512. The molecule has 1 saturated heterocycles. The van der Waals surface area contributed by atoms with E-state index < -0.39 is 0 Å². The highest BCUT2D eigenvalue weighted by molar-refractivity contribution is 4.98. The first-order valence-electron chi connectivity index (χ1n) is 5.54. The van der Waals surface area contributed by atoms with Crippen molar-refractivity contribution in [3.63, 3.8) is 0 Å². The molecule has 1 N–H and O–H groups in total. The number of hydrogen-bond donors (Lipinski definition) is 1. The van der Waals surface area contributed by atoms with Crippen LogP contribution in [0.3, 0.4) is 0 Å². The summed E-state index contributed by atoms with van der Waals surface area (Å²) in [5, 5.41) is 11.6. The molecule has 88 valence electrons. The molecule has 1 fully saturated rings. The van der Waals surface area contributed by atoms with Gasteiger partial charge in [0.25, 0.3) is 0 Å². The molecule has 3 heteroatoms. The van der Waals surface area contributed by atoms with Crippen LogP contribution < -0.4 is 0 Å². The van der Waals surface area contributed by atoms with Crippen LogP contribution in [0.2, 0.25) is 0 Å². The van der Waals surface area contributed by atoms with Gasteiger partial charge in [-0.2, -0.15) is 5.06 Å². The molecule has 0 saturated carbocycles. The van der Waals surface area contributed by atoms with Gasteiger partial charge in [0.1, 0.15) is 0 Å². The SMILES string of the molecule is C=CCOC1CCC(C)(C)N(O)C1(C)C. The van der Waals surface area contributed by atoms with Crippen molar-refractivity contribution in [1.82, 2.24) is 5.06 Å². The molecular weight excluding hydrogens is 190 g/mol. The topological polar surface area (TPSA) is 32.7 Å². The van der Waals surface area contributed by atoms with E-state index in [9.17, 15) is 5.21 Å². The lowest BCUT2D eigenvalue weighted by Crippen LogP contribution is -2.63. The predicted molar refractivity (Wildman–Crippen MR) is 61.0 cm³/mol. The predicted octanol–water partition coefficient (Wildman–Crippen LogP) is 2.60. The van der Waals surface area contributed by atoms with Gasteiger partial charge in [-0.15, -0.1) is 6.58 Å². The first-order valence-corrected chi connectivity index (χ1v) is 5.54. The van der Waals surface area contributed by atoms with Crippen LogP contribution in [0.25, 0.3) is 0 Å². The first-order chi connectivity index (χ1) is 6.82. The molecule has 1 rings (SSSR count). The fourth-order valence-corrected chi connectivity index (χ4v) is 2.33. The van der Waals surface area contributed by atoms with E-state index in [0.29, 0.717) is 6.61 Å². The zero-order valence-electron chi connectivity index (χ0n) is 10.3. The second-order valence-corrected chi connectivity index (χ2v) is 5.43. The van der Waals surface area contributed by atoms with Gasteiger partial charge in [0.05, 0.1) is 18.2 Å². The highest BCUT2D eigenvalue weighted by Crippen LogP contribution is 2.38. The smallest absolute Gasteiger partial charge is 0.0781 e. The summed E-state index contributed by atoms with van der Waals surface area (Å²) < 4.78 is 5.69. The molecule has 0 amide bonds. The summed E-state index contributed by atoms with van der Waals surface area (Å²) >= 11 is 0. The molecule has 0 radical (unpaired) electrons. The summed E-state index contributed by atoms with van der Waals surface area (Å²) in [6.45, 7) is 12.3. The molecule has 0 aromatic heterocycles. The Labute approximate surface area is 92.7 Å². The molecule has 0 aliphatic carbocycles. The Kier molecular flexibility index (Phi) is 3.59. The van der Waals surface area contributed by atoms with Gasteiger partial charge in [-0.3, -0.25) is 0 Å². The van der Waals surface area contributed by atoms with Crippen molar-refractivity contribution in [2.45, 2.75) is 57.7 Å². The Balaban J connectivity index is 2.74. The Bertz CT molecular complexity index is 236. The fourth-order valence-electron chi connectivity index (χ4n) is 2.33. The molecule has 0 aromatic rings. The van der Waals surface area contributed by atoms with Crippen LogP contribution >= 0.6 is 0 Å². The van der Waals surface area contributed by atoms with Crippen molar-refractivity contribution in [1.29, 1.82) is 0 Å². The van der Waals surface area contributed by atoms with Crippen LogP contribution in [0.1, 0.15) is 40.5 Å². The standard InChI is InChI=1S/C12H23NO2/c1-6-9-15-10-7-8-11(2,3)13(14)12(10,4)5/h6,10,14H,1,7-9H2,2-5H3. The fraction of sp³-hybridized carbons (Fsp3) is 0.833. The minimum atomic E-state index is -0.342. The van der Waals surface area contributed by atoms with Crippen LogP contribution in [0, 0.1) is 0 Å². The summed E-state index contributed by atoms with van der Waals surface area (Å²) in [5.74, 6) is 0. The molecule has 1 atom stereocenters. The highest BCUT2D eigenvalue weighted by atomic mass is 16.5. The number of nitrogens with zero attached hydrogens (tertiary/aromatic N) is 1. The van der Waals surface area contributed by atoms with Gasteiger partial charge in [-0.25, -0.2) is 0 Å². The molecule has 1 aliphatic heterocycles. The van der Waals surface area contributed by atoms with Crippen LogP contribution in [0.4, 0.5) is 0 Å². The first kappa shape index (κ1) is 12.7. The highest BCUT2D eigenvalue weighted by Gasteiger charge is 2.47. The van der Waals surface area contributed by atoms with Crippen molar-refractivity contribution >= 4 is 0 Å². The van der Waals surface area contributed by atoms with Gasteiger partial charge in [0.2, 0.25) is 0 Å². The van der Waals surface area contributed by atoms with Crippen molar-refractivity contribution in [3.8, 4) is 0 Å². The molecule has 1 aliphatic rings. The van der Waals surface area contributed by atoms with Crippen molar-refractivity contribution in [3.05, 3.63) is 12.7 Å². The largest absolute Gasteiger partial charge is 0.372 e. The van der Waals surface area contributed by atoms with E-state index in [-0.39, 0.29) is 17.2 Å². The van der Waals surface area contributed by atoms with Crippen LogP contribution in [0.15, 0.2) is 12.7 Å². The molecule has 3 nitrogen and oxygen atoms in total. The number of hydrogen-bond acceptors (Lipinski definition) is 3. The normalized spacial score (nSPS) is 30.1. The Morgan fingerprint density at radius 1 is 1.47 bits per heavy atom. The maximum Gasteiger partial charge on any atom is 0.0781 e. The summed E-state index contributed by atoms with van der Waals surface area (Å²) in [7, 11) is 0. The van der Waals surface area contributed by atoms with E-state index in [1.165, 1.54) is 5.06 Å². The molecule has 0 spiro atoms. The number of rotatable bonds is 3. The van der Waals surface area contributed by atoms with E-state index in [1.807, 2.05) is 13.8 Å². The zero-order chi connectivity index (χ0) is 11.7. The van der Waals surface area contributed by atoms with Gasteiger partial charge in [-0.05, 0) is 40.5 Å². The summed E-state index contributed by atoms with van der Waals surface area (Å²) in [6, 6.07) is 0. The number of piperidine rings is 1. The van der Waals surface area contributed by atoms with E-state index >= 15 is 0 Å². The van der Waals surface area contributed by atoms with E-state index in [1.54, 1.807) is 6.08 Å². The van der Waals surface area contributed by atoms with Crippen LogP contribution in [-0.2, 0) is 4.74 Å². The second-order valence-electron chi connectivity index (χ2n) is 5.43. The lowest BCUT2D eigenvalue weighted by molar-refractivity contribution is -0.274. The molecule has 15 heavy (non-hydrogen) atoms. The van der Waals surface area contributed by atoms with Crippen LogP contribution in [-0.4, -0.2) is 34.1 Å². The quantitative estimate of drug-likeness (QED) is 0.731. The summed E-state index contributed by atoms with van der Waals surface area (Å²) in [4.78, 5) is 0. The third-order valence-electron chi connectivity index (χ3n) is 3.34. The van der Waals surface area contributed by atoms with E-state index in [4.69, 9.17) is 4.74 Å². The molecule has 1 unspecified atom stereocenters. The minimum absolute atomic E-state index is 0.0634. The lowest BCUT2D eigenvalue weighted by Gasteiger charge is -2.52. The van der Waals surface area contributed by atoms with Gasteiger partial charge >= 0.3 is 0 Å². The maximum atomic E-state index is 10.2. The lowest BCUT2D eigenvalue weighted by atomic mass is 9.80. The number of ether oxygens (including phenoxy) is 1. The van der Waals surface area contributed by atoms with E-state index in [2.05, 4.69) is 20.4 Å². The zero-order valence-corrected chi connectivity index (χ0v) is 10.3. The Hall–Kier alpha value is -0.380. The van der Waals surface area contributed by atoms with Crippen LogP contribution in [0.5, 0.6) is 0 Å². The minimum Gasteiger partial charge on any atom is -0.372 e. The maximum absolute atomic E-state index is 10.2. The Morgan fingerprint density at radius 2 is 2.07 bits per heavy atom. The average Bonchev–Trinajstić information content (AvgIpc) is 2.14. The molecular formula is C12H23NO2. The Morgan fingerprint density at radius 3 is 2.60 bits per heavy atom. The van der Waals surface area contributed by atoms with Crippen molar-refractivity contribution in [2.24, 2.45) is 0 Å². The monoisotopic (exact) mass is 213 g/mol. The molecule has 1 heterocycles. The average molecular weight is 213 g/mol. The van der Waals surface area contributed by atoms with E-state index in [0.717, 1.165) is 12.8 Å². The van der Waals surface area contributed by atoms with Gasteiger partial charge in [0, 0.05) is 5.54 Å². The third-order valence-corrected chi connectivity index (χ3v) is 3.34. The summed E-state index contributed by atoms with van der Waals surface area (Å²) in [6.07, 6.45) is 3.73. The van der Waals surface area contributed by atoms with Crippen molar-refractivity contribution in [2.75, 3.05) is 6.61 Å². The number of hydroxylamine groups is 2. The van der Waals surface area contributed by atoms with Gasteiger partial charge < -0.3 is 9.94 Å². The second kappa shape index (κ2) is 4.24. The van der Waals surface area contributed by atoms with Gasteiger partial charge in [0.15, 0.2) is 0 Å². The van der Waals surface area contributed by atoms with Crippen molar-refractivity contribution < 1.29 is 9.94 Å². The molecule has 0 aromatic carbocycles. The molecule has 0 bridgehead atoms.